The molecule has 2 N–H and O–H groups in total. The van der Waals surface area contributed by atoms with Gasteiger partial charge >= 0.3 is 0 Å². The predicted molar refractivity (Wildman–Crippen MR) is 67.3 cm³/mol. The monoisotopic (exact) mass is 234 g/mol. The molecule has 2 aliphatic rings. The maximum atomic E-state index is 6.34. The van der Waals surface area contributed by atoms with Crippen LogP contribution in [0.25, 0.3) is 0 Å². The van der Waals surface area contributed by atoms with E-state index in [1.807, 2.05) is 12.3 Å². The molecule has 2 aliphatic carbocycles. The summed E-state index contributed by atoms with van der Waals surface area (Å²) in [5, 5.41) is 0. The van der Waals surface area contributed by atoms with E-state index >= 15 is 0 Å². The van der Waals surface area contributed by atoms with Crippen LogP contribution >= 0.6 is 0 Å². The number of furan rings is 1. The molecule has 0 amide bonds. The summed E-state index contributed by atoms with van der Waals surface area (Å²) in [6.45, 7) is 2.10. The fraction of sp³-hybridized carbons (Fsp3) is 0.714. The number of rotatable bonds is 4. The molecule has 4 atom stereocenters. The molecule has 2 fully saturated rings. The van der Waals surface area contributed by atoms with Gasteiger partial charge in [-0.15, -0.1) is 0 Å². The minimum Gasteiger partial charge on any atom is -0.472 e. The van der Waals surface area contributed by atoms with Crippen molar-refractivity contribution in [1.82, 2.24) is 4.90 Å². The standard InChI is InChI=1S/C14H22N2O/c1-16(7-10-4-5-17-9-10)8-13-11-2-3-12(6-11)14(13)15/h4-5,9,11-14H,2-3,6-8,15H2,1H3. The summed E-state index contributed by atoms with van der Waals surface area (Å²) >= 11 is 0. The van der Waals surface area contributed by atoms with Crippen LogP contribution in [0.2, 0.25) is 0 Å². The van der Waals surface area contributed by atoms with Crippen molar-refractivity contribution in [3.63, 3.8) is 0 Å². The molecule has 2 saturated carbocycles. The molecule has 2 bridgehead atoms. The second-order valence-electron chi connectivity index (χ2n) is 5.90. The molecule has 94 valence electrons. The topological polar surface area (TPSA) is 42.4 Å². The molecular formula is C14H22N2O. The van der Waals surface area contributed by atoms with Crippen LogP contribution in [0.4, 0.5) is 0 Å². The van der Waals surface area contributed by atoms with Crippen molar-refractivity contribution in [2.24, 2.45) is 23.5 Å². The van der Waals surface area contributed by atoms with Crippen LogP contribution < -0.4 is 5.73 Å². The van der Waals surface area contributed by atoms with Gasteiger partial charge in [-0.05, 0) is 50.1 Å². The molecule has 1 aromatic rings. The van der Waals surface area contributed by atoms with Crippen molar-refractivity contribution in [2.45, 2.75) is 31.8 Å². The van der Waals surface area contributed by atoms with E-state index in [2.05, 4.69) is 11.9 Å². The summed E-state index contributed by atoms with van der Waals surface area (Å²) in [7, 11) is 2.19. The smallest absolute Gasteiger partial charge is 0.0947 e. The molecule has 0 aromatic carbocycles. The number of fused-ring (bicyclic) bond motifs is 2. The Labute approximate surface area is 103 Å². The third-order valence-electron chi connectivity index (χ3n) is 4.71. The van der Waals surface area contributed by atoms with Gasteiger partial charge < -0.3 is 15.1 Å². The Morgan fingerprint density at radius 1 is 1.41 bits per heavy atom. The van der Waals surface area contributed by atoms with Gasteiger partial charge in [0.15, 0.2) is 0 Å². The van der Waals surface area contributed by atoms with Crippen molar-refractivity contribution in [2.75, 3.05) is 13.6 Å². The van der Waals surface area contributed by atoms with Crippen molar-refractivity contribution in [3.05, 3.63) is 24.2 Å². The van der Waals surface area contributed by atoms with Gasteiger partial charge in [-0.2, -0.15) is 0 Å². The summed E-state index contributed by atoms with van der Waals surface area (Å²) in [6, 6.07) is 2.48. The molecule has 17 heavy (non-hydrogen) atoms. The van der Waals surface area contributed by atoms with Gasteiger partial charge in [0.25, 0.3) is 0 Å². The average molecular weight is 234 g/mol. The van der Waals surface area contributed by atoms with E-state index in [9.17, 15) is 0 Å². The maximum absolute atomic E-state index is 6.34. The van der Waals surface area contributed by atoms with E-state index in [1.54, 1.807) is 6.26 Å². The SMILES string of the molecule is CN(Cc1ccoc1)CC1C2CCC(C2)C1N. The summed E-state index contributed by atoms with van der Waals surface area (Å²) in [5.74, 6) is 2.42. The van der Waals surface area contributed by atoms with E-state index in [0.717, 1.165) is 24.9 Å². The van der Waals surface area contributed by atoms with Crippen molar-refractivity contribution < 1.29 is 4.42 Å². The van der Waals surface area contributed by atoms with Crippen molar-refractivity contribution in [1.29, 1.82) is 0 Å². The molecule has 3 nitrogen and oxygen atoms in total. The van der Waals surface area contributed by atoms with Crippen LogP contribution in [0.1, 0.15) is 24.8 Å². The summed E-state index contributed by atoms with van der Waals surface area (Å²) in [6.07, 6.45) is 7.73. The van der Waals surface area contributed by atoms with E-state index in [0.29, 0.717) is 12.0 Å². The molecule has 0 spiro atoms. The molecule has 0 saturated heterocycles. The lowest BCUT2D eigenvalue weighted by molar-refractivity contribution is 0.194. The highest BCUT2D eigenvalue weighted by Gasteiger charge is 2.45. The minimum absolute atomic E-state index is 0.445. The molecule has 1 heterocycles. The lowest BCUT2D eigenvalue weighted by Gasteiger charge is -2.31. The van der Waals surface area contributed by atoms with Crippen LogP contribution in [-0.2, 0) is 6.54 Å². The van der Waals surface area contributed by atoms with Crippen LogP contribution in [0, 0.1) is 17.8 Å². The largest absolute Gasteiger partial charge is 0.472 e. The molecule has 0 radical (unpaired) electrons. The van der Waals surface area contributed by atoms with Gasteiger partial charge in [0.05, 0.1) is 12.5 Å². The van der Waals surface area contributed by atoms with Crippen LogP contribution in [0.3, 0.4) is 0 Å². The maximum Gasteiger partial charge on any atom is 0.0947 e. The molecular weight excluding hydrogens is 212 g/mol. The molecule has 3 rings (SSSR count). The first-order valence-corrected chi connectivity index (χ1v) is 6.69. The van der Waals surface area contributed by atoms with E-state index < -0.39 is 0 Å². The minimum atomic E-state index is 0.445. The van der Waals surface area contributed by atoms with Crippen LogP contribution in [0.15, 0.2) is 23.0 Å². The Morgan fingerprint density at radius 3 is 2.88 bits per heavy atom. The summed E-state index contributed by atoms with van der Waals surface area (Å²) in [4.78, 5) is 2.39. The zero-order chi connectivity index (χ0) is 11.8. The molecule has 1 aromatic heterocycles. The normalized spacial score (nSPS) is 35.9. The fourth-order valence-corrected chi connectivity index (χ4v) is 3.84. The van der Waals surface area contributed by atoms with Gasteiger partial charge in [-0.25, -0.2) is 0 Å². The zero-order valence-electron chi connectivity index (χ0n) is 10.5. The quantitative estimate of drug-likeness (QED) is 0.867. The summed E-state index contributed by atoms with van der Waals surface area (Å²) in [5.41, 5.74) is 7.59. The van der Waals surface area contributed by atoms with Gasteiger partial charge in [0.2, 0.25) is 0 Å². The number of hydrogen-bond donors (Lipinski definition) is 1. The Bertz CT molecular complexity index is 360. The highest BCUT2D eigenvalue weighted by Crippen LogP contribution is 2.47. The van der Waals surface area contributed by atoms with Crippen LogP contribution in [-0.4, -0.2) is 24.5 Å². The molecule has 3 heteroatoms. The second kappa shape index (κ2) is 4.46. The van der Waals surface area contributed by atoms with E-state index in [4.69, 9.17) is 10.2 Å². The number of hydrogen-bond acceptors (Lipinski definition) is 3. The third-order valence-corrected chi connectivity index (χ3v) is 4.71. The van der Waals surface area contributed by atoms with E-state index in [-0.39, 0.29) is 0 Å². The first-order chi connectivity index (χ1) is 8.24. The Balaban J connectivity index is 1.56. The molecule has 4 unspecified atom stereocenters. The number of nitrogens with zero attached hydrogens (tertiary/aromatic N) is 1. The van der Waals surface area contributed by atoms with Crippen molar-refractivity contribution >= 4 is 0 Å². The Morgan fingerprint density at radius 2 is 2.24 bits per heavy atom. The van der Waals surface area contributed by atoms with Crippen LogP contribution in [0.5, 0.6) is 0 Å². The van der Waals surface area contributed by atoms with Gasteiger partial charge in [-0.3, -0.25) is 0 Å². The second-order valence-corrected chi connectivity index (χ2v) is 5.90. The van der Waals surface area contributed by atoms with Gasteiger partial charge in [-0.1, -0.05) is 0 Å². The van der Waals surface area contributed by atoms with Gasteiger partial charge in [0, 0.05) is 24.7 Å². The third kappa shape index (κ3) is 2.14. The number of nitrogens with two attached hydrogens (primary N) is 1. The Hall–Kier alpha value is -0.800. The lowest BCUT2D eigenvalue weighted by atomic mass is 9.84. The highest BCUT2D eigenvalue weighted by molar-refractivity contribution is 5.05. The summed E-state index contributed by atoms with van der Waals surface area (Å²) < 4.78 is 5.10. The zero-order valence-corrected chi connectivity index (χ0v) is 10.5. The lowest BCUT2D eigenvalue weighted by Crippen LogP contribution is -2.41. The predicted octanol–water partition coefficient (Wildman–Crippen LogP) is 2.08. The average Bonchev–Trinajstić information content (AvgIpc) is 2.98. The fourth-order valence-electron chi connectivity index (χ4n) is 3.84. The Kier molecular flexibility index (Phi) is 2.97. The first kappa shape index (κ1) is 11.3. The van der Waals surface area contributed by atoms with E-state index in [1.165, 1.54) is 24.8 Å². The van der Waals surface area contributed by atoms with Crippen molar-refractivity contribution in [3.8, 4) is 0 Å². The molecule has 0 aliphatic heterocycles. The first-order valence-electron chi connectivity index (χ1n) is 6.69. The van der Waals surface area contributed by atoms with Gasteiger partial charge in [0.1, 0.15) is 0 Å². The highest BCUT2D eigenvalue weighted by atomic mass is 16.3.